The average Bonchev–Trinajstić information content (AvgIpc) is 2.49. The molecule has 0 bridgehead atoms. The lowest BCUT2D eigenvalue weighted by atomic mass is 10.1. The second kappa shape index (κ2) is 7.06. The van der Waals surface area contributed by atoms with Gasteiger partial charge in [0.25, 0.3) is 5.69 Å². The smallest absolute Gasteiger partial charge is 0.272 e. The van der Waals surface area contributed by atoms with Gasteiger partial charge in [0.15, 0.2) is 0 Å². The SMILES string of the molecule is O=[N+]([O-])c1cc(C(F)(F)F)ccc1N/N=C\c1c(Cl)cccc1Cl. The maximum Gasteiger partial charge on any atom is 0.416 e. The lowest BCUT2D eigenvalue weighted by Gasteiger charge is -2.08. The van der Waals surface area contributed by atoms with Crippen LogP contribution in [0.3, 0.4) is 0 Å². The number of rotatable bonds is 4. The van der Waals surface area contributed by atoms with Crippen LogP contribution in [0.4, 0.5) is 24.5 Å². The van der Waals surface area contributed by atoms with Crippen molar-refractivity contribution in [3.05, 3.63) is 67.7 Å². The van der Waals surface area contributed by atoms with Crippen molar-refractivity contribution in [1.29, 1.82) is 0 Å². The molecule has 2 aromatic carbocycles. The van der Waals surface area contributed by atoms with Crippen molar-refractivity contribution < 1.29 is 18.1 Å². The number of nitrogens with one attached hydrogen (secondary N) is 1. The quantitative estimate of drug-likeness (QED) is 0.442. The number of halogens is 5. The molecule has 0 aliphatic carbocycles. The molecule has 0 aliphatic heterocycles. The summed E-state index contributed by atoms with van der Waals surface area (Å²) in [7, 11) is 0. The Balaban J connectivity index is 2.30. The lowest BCUT2D eigenvalue weighted by Crippen LogP contribution is -2.06. The van der Waals surface area contributed by atoms with Gasteiger partial charge in [-0.3, -0.25) is 15.5 Å². The van der Waals surface area contributed by atoms with E-state index in [1.165, 1.54) is 6.21 Å². The van der Waals surface area contributed by atoms with E-state index in [1.54, 1.807) is 18.2 Å². The number of anilines is 1. The monoisotopic (exact) mass is 377 g/mol. The second-order valence-electron chi connectivity index (χ2n) is 4.49. The average molecular weight is 378 g/mol. The number of hydrogen-bond donors (Lipinski definition) is 1. The molecule has 1 N–H and O–H groups in total. The summed E-state index contributed by atoms with van der Waals surface area (Å²) in [6, 6.07) is 6.82. The van der Waals surface area contributed by atoms with Crippen LogP contribution in [0.15, 0.2) is 41.5 Å². The Morgan fingerprint density at radius 3 is 2.33 bits per heavy atom. The van der Waals surface area contributed by atoms with Crippen LogP contribution in [0.1, 0.15) is 11.1 Å². The Hall–Kier alpha value is -2.32. The van der Waals surface area contributed by atoms with Crippen molar-refractivity contribution in [2.24, 2.45) is 5.10 Å². The van der Waals surface area contributed by atoms with Crippen molar-refractivity contribution >= 4 is 40.8 Å². The number of nitro groups is 1. The first-order valence-corrected chi connectivity index (χ1v) is 7.04. The van der Waals surface area contributed by atoms with Crippen molar-refractivity contribution in [2.45, 2.75) is 6.18 Å². The van der Waals surface area contributed by atoms with Crippen LogP contribution in [0.5, 0.6) is 0 Å². The highest BCUT2D eigenvalue weighted by molar-refractivity contribution is 6.38. The van der Waals surface area contributed by atoms with Gasteiger partial charge in [0.05, 0.1) is 26.7 Å². The van der Waals surface area contributed by atoms with E-state index in [-0.39, 0.29) is 5.69 Å². The van der Waals surface area contributed by atoms with Crippen LogP contribution < -0.4 is 5.43 Å². The third kappa shape index (κ3) is 4.15. The van der Waals surface area contributed by atoms with Gasteiger partial charge in [-0.05, 0) is 24.3 Å². The van der Waals surface area contributed by atoms with E-state index in [0.29, 0.717) is 27.7 Å². The van der Waals surface area contributed by atoms with Gasteiger partial charge in [-0.25, -0.2) is 0 Å². The maximum atomic E-state index is 12.6. The minimum absolute atomic E-state index is 0.201. The number of hydrogen-bond acceptors (Lipinski definition) is 4. The molecule has 0 saturated carbocycles. The Morgan fingerprint density at radius 1 is 1.17 bits per heavy atom. The predicted molar refractivity (Wildman–Crippen MR) is 85.8 cm³/mol. The summed E-state index contributed by atoms with van der Waals surface area (Å²) in [5, 5.41) is 15.3. The van der Waals surface area contributed by atoms with E-state index >= 15 is 0 Å². The third-order valence-corrected chi connectivity index (χ3v) is 3.56. The predicted octanol–water partition coefficient (Wildman–Crippen LogP) is 5.37. The molecular weight excluding hydrogens is 370 g/mol. The second-order valence-corrected chi connectivity index (χ2v) is 5.31. The zero-order valence-corrected chi connectivity index (χ0v) is 13.2. The van der Waals surface area contributed by atoms with E-state index in [2.05, 4.69) is 10.5 Å². The number of benzene rings is 2. The summed E-state index contributed by atoms with van der Waals surface area (Å²) in [4.78, 5) is 10.0. The summed E-state index contributed by atoms with van der Waals surface area (Å²) in [6.45, 7) is 0. The van der Waals surface area contributed by atoms with Gasteiger partial charge < -0.3 is 0 Å². The number of nitrogens with zero attached hydrogens (tertiary/aromatic N) is 2. The molecule has 5 nitrogen and oxygen atoms in total. The van der Waals surface area contributed by atoms with E-state index in [9.17, 15) is 23.3 Å². The van der Waals surface area contributed by atoms with Crippen LogP contribution >= 0.6 is 23.2 Å². The van der Waals surface area contributed by atoms with Crippen molar-refractivity contribution in [2.75, 3.05) is 5.43 Å². The molecule has 0 aromatic heterocycles. The van der Waals surface area contributed by atoms with Gasteiger partial charge >= 0.3 is 6.18 Å². The standard InChI is InChI=1S/C14H8Cl2F3N3O2/c15-10-2-1-3-11(16)9(10)7-20-21-12-5-4-8(14(17,18)19)6-13(12)22(23)24/h1-7,21H/b20-7-. The first kappa shape index (κ1) is 18.0. The molecule has 0 saturated heterocycles. The van der Waals surface area contributed by atoms with Gasteiger partial charge in [-0.1, -0.05) is 29.3 Å². The molecule has 0 radical (unpaired) electrons. The molecule has 24 heavy (non-hydrogen) atoms. The zero-order valence-electron chi connectivity index (χ0n) is 11.6. The Labute approximate surface area is 143 Å². The summed E-state index contributed by atoms with van der Waals surface area (Å²) >= 11 is 11.9. The Bertz CT molecular complexity index is 790. The summed E-state index contributed by atoms with van der Waals surface area (Å²) in [6.07, 6.45) is -3.47. The summed E-state index contributed by atoms with van der Waals surface area (Å²) < 4.78 is 37.9. The molecule has 0 amide bonds. The first-order valence-electron chi connectivity index (χ1n) is 6.29. The lowest BCUT2D eigenvalue weighted by molar-refractivity contribution is -0.384. The van der Waals surface area contributed by atoms with E-state index < -0.39 is 22.4 Å². The van der Waals surface area contributed by atoms with Crippen LogP contribution in [0, 0.1) is 10.1 Å². The van der Waals surface area contributed by atoms with Crippen molar-refractivity contribution in [1.82, 2.24) is 0 Å². The van der Waals surface area contributed by atoms with Crippen LogP contribution in [0.2, 0.25) is 10.0 Å². The van der Waals surface area contributed by atoms with E-state index in [1.807, 2.05) is 0 Å². The van der Waals surface area contributed by atoms with Crippen molar-refractivity contribution in [3.8, 4) is 0 Å². The van der Waals surface area contributed by atoms with Gasteiger partial charge in [0.2, 0.25) is 0 Å². The number of alkyl halides is 3. The molecule has 0 fully saturated rings. The third-order valence-electron chi connectivity index (χ3n) is 2.90. The van der Waals surface area contributed by atoms with Crippen LogP contribution in [-0.2, 0) is 6.18 Å². The molecule has 126 valence electrons. The molecular formula is C14H8Cl2F3N3O2. The van der Waals surface area contributed by atoms with E-state index in [0.717, 1.165) is 6.07 Å². The minimum atomic E-state index is -4.68. The molecule has 2 aromatic rings. The molecule has 0 unspecified atom stereocenters. The summed E-state index contributed by atoms with van der Waals surface area (Å²) in [5.74, 6) is 0. The Kier molecular flexibility index (Phi) is 5.30. The fourth-order valence-electron chi connectivity index (χ4n) is 1.75. The highest BCUT2D eigenvalue weighted by Crippen LogP contribution is 2.35. The van der Waals surface area contributed by atoms with E-state index in [4.69, 9.17) is 23.2 Å². The highest BCUT2D eigenvalue weighted by atomic mass is 35.5. The highest BCUT2D eigenvalue weighted by Gasteiger charge is 2.33. The topological polar surface area (TPSA) is 67.5 Å². The number of hydrazone groups is 1. The fraction of sp³-hybridized carbons (Fsp3) is 0.0714. The van der Waals surface area contributed by atoms with Gasteiger partial charge in [0, 0.05) is 11.6 Å². The minimum Gasteiger partial charge on any atom is -0.272 e. The molecule has 2 rings (SSSR count). The van der Waals surface area contributed by atoms with Gasteiger partial charge in [0.1, 0.15) is 5.69 Å². The fourth-order valence-corrected chi connectivity index (χ4v) is 2.25. The Morgan fingerprint density at radius 2 is 1.79 bits per heavy atom. The van der Waals surface area contributed by atoms with Gasteiger partial charge in [-0.15, -0.1) is 0 Å². The van der Waals surface area contributed by atoms with Crippen LogP contribution in [0.25, 0.3) is 0 Å². The van der Waals surface area contributed by atoms with Gasteiger partial charge in [-0.2, -0.15) is 18.3 Å². The van der Waals surface area contributed by atoms with Crippen LogP contribution in [-0.4, -0.2) is 11.1 Å². The molecule has 0 heterocycles. The maximum absolute atomic E-state index is 12.6. The number of nitro benzene ring substituents is 1. The molecule has 0 atom stereocenters. The molecule has 0 spiro atoms. The molecule has 10 heteroatoms. The van der Waals surface area contributed by atoms with Crippen molar-refractivity contribution in [3.63, 3.8) is 0 Å². The zero-order chi connectivity index (χ0) is 17.9. The largest absolute Gasteiger partial charge is 0.416 e. The molecule has 0 aliphatic rings. The first-order chi connectivity index (χ1) is 11.2. The summed E-state index contributed by atoms with van der Waals surface area (Å²) in [5.41, 5.74) is 0.598. The normalized spacial score (nSPS) is 11.7.